The van der Waals surface area contributed by atoms with Crippen LogP contribution in [0.25, 0.3) is 0 Å². The fourth-order valence-corrected chi connectivity index (χ4v) is 3.55. The molecule has 1 aliphatic rings. The second-order valence-corrected chi connectivity index (χ2v) is 5.96. The largest absolute Gasteiger partial charge is 0.272 e. The van der Waals surface area contributed by atoms with Gasteiger partial charge in [-0.1, -0.05) is 42.5 Å². The second-order valence-electron chi connectivity index (χ2n) is 5.49. The molecule has 2 atom stereocenters. The summed E-state index contributed by atoms with van der Waals surface area (Å²) < 4.78 is 0. The topological polar surface area (TPSA) is 43.1 Å². The molecule has 0 aliphatic heterocycles. The van der Waals surface area contributed by atoms with Gasteiger partial charge in [-0.25, -0.2) is 0 Å². The second kappa shape index (κ2) is 5.86. The van der Waals surface area contributed by atoms with Gasteiger partial charge in [0.2, 0.25) is 0 Å². The van der Waals surface area contributed by atoms with Gasteiger partial charge in [0, 0.05) is 11.6 Å². The van der Waals surface area contributed by atoms with Gasteiger partial charge >= 0.3 is 0 Å². The lowest BCUT2D eigenvalue weighted by molar-refractivity contribution is -0.385. The van der Waals surface area contributed by atoms with Crippen LogP contribution < -0.4 is 0 Å². The summed E-state index contributed by atoms with van der Waals surface area (Å²) in [5, 5.41) is 11.0. The lowest BCUT2D eigenvalue weighted by Gasteiger charge is -2.29. The van der Waals surface area contributed by atoms with E-state index in [0.29, 0.717) is 6.42 Å². The number of benzene rings is 2. The smallest absolute Gasteiger partial charge is 0.258 e. The van der Waals surface area contributed by atoms with Crippen LogP contribution >= 0.6 is 11.6 Å². The molecule has 0 amide bonds. The standard InChI is InChI=1S/C17H16ClNO2/c18-17-14(10-9-12-5-1-3-7-15(12)17)11-13-6-2-4-8-16(13)19(20)21/h1-8,14,17H,9-11H2. The predicted octanol–water partition coefficient (Wildman–Crippen LogP) is 4.68. The molecule has 0 heterocycles. The summed E-state index contributed by atoms with van der Waals surface area (Å²) in [7, 11) is 0. The van der Waals surface area contributed by atoms with E-state index in [1.165, 1.54) is 11.1 Å². The Labute approximate surface area is 128 Å². The summed E-state index contributed by atoms with van der Waals surface area (Å²) in [6.07, 6.45) is 2.61. The summed E-state index contributed by atoms with van der Waals surface area (Å²) in [4.78, 5) is 10.8. The van der Waals surface area contributed by atoms with Gasteiger partial charge in [-0.15, -0.1) is 11.6 Å². The summed E-state index contributed by atoms with van der Waals surface area (Å²) >= 11 is 6.63. The molecule has 0 radical (unpaired) electrons. The van der Waals surface area contributed by atoms with Crippen molar-refractivity contribution in [3.05, 3.63) is 75.3 Å². The molecule has 0 saturated carbocycles. The summed E-state index contributed by atoms with van der Waals surface area (Å²) in [6.45, 7) is 0. The highest BCUT2D eigenvalue weighted by Crippen LogP contribution is 2.41. The van der Waals surface area contributed by atoms with Crippen molar-refractivity contribution in [3.8, 4) is 0 Å². The maximum absolute atomic E-state index is 11.1. The molecule has 0 spiro atoms. The van der Waals surface area contributed by atoms with E-state index in [1.54, 1.807) is 12.1 Å². The van der Waals surface area contributed by atoms with Crippen molar-refractivity contribution in [1.82, 2.24) is 0 Å². The van der Waals surface area contributed by atoms with Crippen molar-refractivity contribution in [2.24, 2.45) is 5.92 Å². The number of nitro benzene ring substituents is 1. The maximum Gasteiger partial charge on any atom is 0.272 e. The van der Waals surface area contributed by atoms with E-state index < -0.39 is 0 Å². The lowest BCUT2D eigenvalue weighted by Crippen LogP contribution is -2.19. The fourth-order valence-electron chi connectivity index (χ4n) is 3.12. The van der Waals surface area contributed by atoms with E-state index in [1.807, 2.05) is 24.3 Å². The first kappa shape index (κ1) is 14.1. The normalized spacial score (nSPS) is 20.8. The Bertz CT molecular complexity index is 671. The highest BCUT2D eigenvalue weighted by Gasteiger charge is 2.29. The van der Waals surface area contributed by atoms with Crippen molar-refractivity contribution in [2.75, 3.05) is 0 Å². The molecule has 21 heavy (non-hydrogen) atoms. The van der Waals surface area contributed by atoms with Gasteiger partial charge < -0.3 is 0 Å². The Hall–Kier alpha value is -1.87. The zero-order valence-corrected chi connectivity index (χ0v) is 12.3. The van der Waals surface area contributed by atoms with Gasteiger partial charge in [0.25, 0.3) is 5.69 Å². The van der Waals surface area contributed by atoms with Crippen LogP contribution in [-0.4, -0.2) is 4.92 Å². The molecule has 108 valence electrons. The number of fused-ring (bicyclic) bond motifs is 1. The first-order chi connectivity index (χ1) is 10.2. The molecule has 0 N–H and O–H groups in total. The van der Waals surface area contributed by atoms with E-state index >= 15 is 0 Å². The highest BCUT2D eigenvalue weighted by molar-refractivity contribution is 6.21. The van der Waals surface area contributed by atoms with Gasteiger partial charge in [-0.05, 0) is 36.3 Å². The van der Waals surface area contributed by atoms with Crippen molar-refractivity contribution in [3.63, 3.8) is 0 Å². The van der Waals surface area contributed by atoms with E-state index in [0.717, 1.165) is 18.4 Å². The zero-order chi connectivity index (χ0) is 14.8. The number of nitro groups is 1. The van der Waals surface area contributed by atoms with Crippen molar-refractivity contribution >= 4 is 17.3 Å². The zero-order valence-electron chi connectivity index (χ0n) is 11.5. The van der Waals surface area contributed by atoms with Gasteiger partial charge in [0.05, 0.1) is 10.3 Å². The SMILES string of the molecule is O=[N+]([O-])c1ccccc1CC1CCc2ccccc2C1Cl. The van der Waals surface area contributed by atoms with E-state index in [2.05, 4.69) is 12.1 Å². The predicted molar refractivity (Wildman–Crippen MR) is 83.6 cm³/mol. The Morgan fingerprint density at radius 2 is 1.86 bits per heavy atom. The van der Waals surface area contributed by atoms with Crippen LogP contribution in [0.2, 0.25) is 0 Å². The molecule has 4 heteroatoms. The average molecular weight is 302 g/mol. The number of hydrogen-bond acceptors (Lipinski definition) is 2. The number of para-hydroxylation sites is 1. The fraction of sp³-hybridized carbons (Fsp3) is 0.294. The van der Waals surface area contributed by atoms with Crippen LogP contribution in [0.15, 0.2) is 48.5 Å². The van der Waals surface area contributed by atoms with Gasteiger partial charge in [0.1, 0.15) is 0 Å². The molecular formula is C17H16ClNO2. The first-order valence-electron chi connectivity index (χ1n) is 7.11. The average Bonchev–Trinajstić information content (AvgIpc) is 2.51. The maximum atomic E-state index is 11.1. The minimum Gasteiger partial charge on any atom is -0.258 e. The monoisotopic (exact) mass is 301 g/mol. The number of halogens is 1. The minimum absolute atomic E-state index is 0.0743. The number of hydrogen-bond donors (Lipinski definition) is 0. The van der Waals surface area contributed by atoms with Crippen LogP contribution in [0.1, 0.15) is 28.5 Å². The Kier molecular flexibility index (Phi) is 3.93. The number of nitrogens with zero attached hydrogens (tertiary/aromatic N) is 1. The van der Waals surface area contributed by atoms with Gasteiger partial charge in [-0.2, -0.15) is 0 Å². The van der Waals surface area contributed by atoms with Gasteiger partial charge in [-0.3, -0.25) is 10.1 Å². The van der Waals surface area contributed by atoms with E-state index in [-0.39, 0.29) is 21.9 Å². The number of aryl methyl sites for hydroxylation is 1. The van der Waals surface area contributed by atoms with E-state index in [9.17, 15) is 10.1 Å². The Balaban J connectivity index is 1.86. The third-order valence-electron chi connectivity index (χ3n) is 4.22. The lowest BCUT2D eigenvalue weighted by atomic mass is 9.80. The quantitative estimate of drug-likeness (QED) is 0.469. The van der Waals surface area contributed by atoms with Crippen molar-refractivity contribution in [2.45, 2.75) is 24.6 Å². The van der Waals surface area contributed by atoms with E-state index in [4.69, 9.17) is 11.6 Å². The van der Waals surface area contributed by atoms with Crippen LogP contribution in [-0.2, 0) is 12.8 Å². The first-order valence-corrected chi connectivity index (χ1v) is 7.54. The Morgan fingerprint density at radius 3 is 2.67 bits per heavy atom. The van der Waals surface area contributed by atoms with Crippen LogP contribution in [0, 0.1) is 16.0 Å². The molecule has 2 aromatic carbocycles. The summed E-state index contributed by atoms with van der Waals surface area (Å²) in [5.41, 5.74) is 3.45. The molecule has 3 rings (SSSR count). The number of rotatable bonds is 3. The number of alkyl halides is 1. The molecule has 0 bridgehead atoms. The third-order valence-corrected chi connectivity index (χ3v) is 4.81. The molecule has 0 aromatic heterocycles. The summed E-state index contributed by atoms with van der Waals surface area (Å²) in [5.74, 6) is 0.239. The third kappa shape index (κ3) is 2.79. The molecule has 2 aromatic rings. The molecular weight excluding hydrogens is 286 g/mol. The van der Waals surface area contributed by atoms with Crippen molar-refractivity contribution < 1.29 is 4.92 Å². The summed E-state index contributed by atoms with van der Waals surface area (Å²) in [6, 6.07) is 15.2. The Morgan fingerprint density at radius 1 is 1.14 bits per heavy atom. The molecule has 2 unspecified atom stereocenters. The molecule has 0 fully saturated rings. The highest BCUT2D eigenvalue weighted by atomic mass is 35.5. The van der Waals surface area contributed by atoms with Gasteiger partial charge in [0.15, 0.2) is 0 Å². The van der Waals surface area contributed by atoms with Crippen molar-refractivity contribution in [1.29, 1.82) is 0 Å². The van der Waals surface area contributed by atoms with Crippen LogP contribution in [0.5, 0.6) is 0 Å². The molecule has 1 aliphatic carbocycles. The van der Waals surface area contributed by atoms with Crippen LogP contribution in [0.3, 0.4) is 0 Å². The molecule has 3 nitrogen and oxygen atoms in total. The van der Waals surface area contributed by atoms with Crippen LogP contribution in [0.4, 0.5) is 5.69 Å². The molecule has 0 saturated heterocycles. The minimum atomic E-state index is -0.310.